The van der Waals surface area contributed by atoms with Crippen LogP contribution >= 0.6 is 11.6 Å². The Hall–Kier alpha value is -1.16. The van der Waals surface area contributed by atoms with Crippen molar-refractivity contribution in [1.29, 1.82) is 5.41 Å². The smallest absolute Gasteiger partial charge is 0.313 e. The van der Waals surface area contributed by atoms with E-state index < -0.39 is 0 Å². The second-order valence-corrected chi connectivity index (χ2v) is 1.96. The van der Waals surface area contributed by atoms with Gasteiger partial charge in [-0.1, -0.05) is 11.6 Å². The van der Waals surface area contributed by atoms with Crippen LogP contribution in [0.5, 0.6) is 6.01 Å². The van der Waals surface area contributed by atoms with E-state index in [-0.39, 0.29) is 11.2 Å². The lowest BCUT2D eigenvalue weighted by atomic mass is 10.4. The van der Waals surface area contributed by atoms with E-state index >= 15 is 0 Å². The third-order valence-corrected chi connectivity index (χ3v) is 1.11. The zero-order valence-corrected chi connectivity index (χ0v) is 5.63. The molecule has 0 bridgehead atoms. The zero-order valence-electron chi connectivity index (χ0n) is 4.87. The number of rotatable bonds is 1. The number of hydrogen-bond donors (Lipinski definition) is 2. The molecule has 2 N–H and O–H groups in total. The lowest BCUT2D eigenvalue weighted by molar-refractivity contribution is 0.430. The number of nitrogens with one attached hydrogen (secondary N) is 1. The molecular weight excluding hydrogens is 154 g/mol. The Morgan fingerprint density at radius 3 is 2.40 bits per heavy atom. The monoisotopic (exact) mass is 157 g/mol. The van der Waals surface area contributed by atoms with Gasteiger partial charge in [-0.2, -0.15) is 0 Å². The van der Waals surface area contributed by atoms with Gasteiger partial charge in [0.05, 0.1) is 0 Å². The molecule has 0 atom stereocenters. The van der Waals surface area contributed by atoms with Gasteiger partial charge >= 0.3 is 6.01 Å². The van der Waals surface area contributed by atoms with Crippen LogP contribution in [0, 0.1) is 5.41 Å². The van der Waals surface area contributed by atoms with E-state index in [1.165, 1.54) is 12.4 Å². The molecule has 0 radical (unpaired) electrons. The van der Waals surface area contributed by atoms with Crippen LogP contribution in [0.25, 0.3) is 0 Å². The molecule has 0 aliphatic rings. The molecule has 0 aliphatic carbocycles. The number of nitrogens with zero attached hydrogens (tertiary/aromatic N) is 2. The molecule has 10 heavy (non-hydrogen) atoms. The molecule has 1 aromatic rings. The Morgan fingerprint density at radius 1 is 1.50 bits per heavy atom. The first kappa shape index (κ1) is 6.95. The Morgan fingerprint density at radius 2 is 2.00 bits per heavy atom. The van der Waals surface area contributed by atoms with Crippen molar-refractivity contribution in [3.05, 3.63) is 18.0 Å². The van der Waals surface area contributed by atoms with Gasteiger partial charge < -0.3 is 5.11 Å². The minimum absolute atomic E-state index is 0.139. The van der Waals surface area contributed by atoms with Gasteiger partial charge in [0.15, 0.2) is 0 Å². The lowest BCUT2D eigenvalue weighted by Gasteiger charge is -1.92. The van der Waals surface area contributed by atoms with Gasteiger partial charge in [-0.25, -0.2) is 9.97 Å². The summed E-state index contributed by atoms with van der Waals surface area (Å²) in [5.74, 6) is 0. The molecule has 4 nitrogen and oxygen atoms in total. The van der Waals surface area contributed by atoms with Crippen LogP contribution in [0.15, 0.2) is 12.4 Å². The third-order valence-electron chi connectivity index (χ3n) is 0.892. The number of hydrogen-bond acceptors (Lipinski definition) is 4. The molecule has 0 spiro atoms. The van der Waals surface area contributed by atoms with Gasteiger partial charge in [0, 0.05) is 18.0 Å². The number of aromatic hydroxyl groups is 1. The van der Waals surface area contributed by atoms with Gasteiger partial charge in [-0.3, -0.25) is 5.41 Å². The summed E-state index contributed by atoms with van der Waals surface area (Å²) in [5.41, 5.74) is 0.388. The maximum Gasteiger partial charge on any atom is 0.313 e. The van der Waals surface area contributed by atoms with Gasteiger partial charge in [0.25, 0.3) is 0 Å². The maximum absolute atomic E-state index is 8.60. The highest BCUT2D eigenvalue weighted by Gasteiger charge is 1.97. The van der Waals surface area contributed by atoms with Crippen molar-refractivity contribution >= 4 is 16.8 Å². The lowest BCUT2D eigenvalue weighted by Crippen LogP contribution is -1.91. The molecule has 0 saturated carbocycles. The van der Waals surface area contributed by atoms with Gasteiger partial charge in [-0.15, -0.1) is 0 Å². The van der Waals surface area contributed by atoms with Crippen molar-refractivity contribution in [2.24, 2.45) is 0 Å². The molecule has 5 heteroatoms. The molecule has 0 aromatic carbocycles. The highest BCUT2D eigenvalue weighted by Crippen LogP contribution is 2.02. The SMILES string of the molecule is N=C(Cl)c1cnc(O)nc1. The van der Waals surface area contributed by atoms with E-state index in [9.17, 15) is 0 Å². The molecule has 0 aliphatic heterocycles. The van der Waals surface area contributed by atoms with Crippen LogP contribution in [0.1, 0.15) is 5.56 Å². The topological polar surface area (TPSA) is 69.9 Å². The highest BCUT2D eigenvalue weighted by molar-refractivity contribution is 6.68. The van der Waals surface area contributed by atoms with E-state index in [1.54, 1.807) is 0 Å². The minimum Gasteiger partial charge on any atom is -0.479 e. The minimum atomic E-state index is -0.318. The summed E-state index contributed by atoms with van der Waals surface area (Å²) in [6.45, 7) is 0. The van der Waals surface area contributed by atoms with E-state index in [4.69, 9.17) is 22.1 Å². The van der Waals surface area contributed by atoms with Crippen LogP contribution in [-0.2, 0) is 0 Å². The van der Waals surface area contributed by atoms with Crippen LogP contribution in [-0.4, -0.2) is 20.2 Å². The van der Waals surface area contributed by atoms with Crippen LogP contribution in [0.4, 0.5) is 0 Å². The fourth-order valence-corrected chi connectivity index (χ4v) is 0.532. The zero-order chi connectivity index (χ0) is 7.56. The second kappa shape index (κ2) is 2.62. The summed E-state index contributed by atoms with van der Waals surface area (Å²) in [7, 11) is 0. The first-order valence-electron chi connectivity index (χ1n) is 2.45. The fourth-order valence-electron chi connectivity index (χ4n) is 0.435. The quantitative estimate of drug-likeness (QED) is 0.591. The molecule has 1 rings (SSSR count). The largest absolute Gasteiger partial charge is 0.479 e. The summed E-state index contributed by atoms with van der Waals surface area (Å²) in [4.78, 5) is 6.84. The number of halogens is 1. The fraction of sp³-hybridized carbons (Fsp3) is 0. The molecule has 0 saturated heterocycles. The van der Waals surface area contributed by atoms with Crippen molar-refractivity contribution in [1.82, 2.24) is 9.97 Å². The van der Waals surface area contributed by atoms with E-state index in [2.05, 4.69) is 9.97 Å². The third kappa shape index (κ3) is 1.41. The molecular formula is C5H4ClN3O. The van der Waals surface area contributed by atoms with Crippen LogP contribution in [0.2, 0.25) is 0 Å². The first-order chi connectivity index (χ1) is 4.70. The average molecular weight is 158 g/mol. The standard InChI is InChI=1S/C5H4ClN3O/c6-4(7)3-1-8-5(10)9-2-3/h1-2,7H,(H,8,9,10). The van der Waals surface area contributed by atoms with Gasteiger partial charge in [-0.05, 0) is 0 Å². The summed E-state index contributed by atoms with van der Waals surface area (Å²) in [5, 5.41) is 15.4. The second-order valence-electron chi connectivity index (χ2n) is 1.59. The van der Waals surface area contributed by atoms with E-state index in [0.717, 1.165) is 0 Å². The Bertz CT molecular complexity index is 246. The molecule has 0 unspecified atom stereocenters. The van der Waals surface area contributed by atoms with Crippen LogP contribution < -0.4 is 0 Å². The van der Waals surface area contributed by atoms with Crippen molar-refractivity contribution in [3.63, 3.8) is 0 Å². The Labute approximate surface area is 62.0 Å². The first-order valence-corrected chi connectivity index (χ1v) is 2.83. The Balaban J connectivity index is 3.00. The highest BCUT2D eigenvalue weighted by atomic mass is 35.5. The van der Waals surface area contributed by atoms with E-state index in [1.807, 2.05) is 0 Å². The van der Waals surface area contributed by atoms with Crippen molar-refractivity contribution in [2.75, 3.05) is 0 Å². The molecule has 0 amide bonds. The summed E-state index contributed by atoms with van der Waals surface area (Å²) in [6.07, 6.45) is 2.55. The van der Waals surface area contributed by atoms with Crippen molar-refractivity contribution < 1.29 is 5.11 Å². The maximum atomic E-state index is 8.60. The van der Waals surface area contributed by atoms with Gasteiger partial charge in [0.2, 0.25) is 0 Å². The number of aromatic nitrogens is 2. The predicted octanol–water partition coefficient (Wildman–Crippen LogP) is 0.746. The molecule has 52 valence electrons. The van der Waals surface area contributed by atoms with Crippen molar-refractivity contribution in [2.45, 2.75) is 0 Å². The predicted molar refractivity (Wildman–Crippen MR) is 36.4 cm³/mol. The Kier molecular flexibility index (Phi) is 1.82. The average Bonchev–Trinajstić information content (AvgIpc) is 1.88. The molecule has 1 heterocycles. The van der Waals surface area contributed by atoms with Crippen LogP contribution in [0.3, 0.4) is 0 Å². The normalized spacial score (nSPS) is 9.30. The summed E-state index contributed by atoms with van der Waals surface area (Å²) >= 11 is 5.28. The summed E-state index contributed by atoms with van der Waals surface area (Å²) in [6, 6.07) is -0.318. The van der Waals surface area contributed by atoms with E-state index in [0.29, 0.717) is 5.56 Å². The molecule has 0 fully saturated rings. The summed E-state index contributed by atoms with van der Waals surface area (Å²) < 4.78 is 0. The molecule has 1 aromatic heterocycles. The van der Waals surface area contributed by atoms with Crippen molar-refractivity contribution in [3.8, 4) is 6.01 Å². The van der Waals surface area contributed by atoms with Gasteiger partial charge in [0.1, 0.15) is 5.17 Å².